The van der Waals surface area contributed by atoms with Crippen LogP contribution in [0.2, 0.25) is 0 Å². The molecule has 1 amide bonds. The number of carbonyl (C=O) groups is 1. The quantitative estimate of drug-likeness (QED) is 0.371. The van der Waals surface area contributed by atoms with Gasteiger partial charge in [0.15, 0.2) is 11.5 Å². The average Bonchev–Trinajstić information content (AvgIpc) is 3.17. The van der Waals surface area contributed by atoms with E-state index in [0.29, 0.717) is 42.4 Å². The monoisotopic (exact) mass is 543 g/mol. The number of nitrogens with zero attached hydrogens (tertiary/aromatic N) is 6. The number of nitrogens with one attached hydrogen (secondary N) is 1. The molecular formula is C30H37N7O3. The van der Waals surface area contributed by atoms with Gasteiger partial charge in [0.05, 0.1) is 0 Å². The van der Waals surface area contributed by atoms with Crippen LogP contribution >= 0.6 is 0 Å². The summed E-state index contributed by atoms with van der Waals surface area (Å²) >= 11 is 0. The summed E-state index contributed by atoms with van der Waals surface area (Å²) in [5.41, 5.74) is 3.58. The van der Waals surface area contributed by atoms with Gasteiger partial charge in [-0.25, -0.2) is 24.1 Å². The van der Waals surface area contributed by atoms with Gasteiger partial charge in [0.25, 0.3) is 5.56 Å². The van der Waals surface area contributed by atoms with Crippen LogP contribution in [0, 0.1) is 0 Å². The highest BCUT2D eigenvalue weighted by atomic mass is 16.6. The summed E-state index contributed by atoms with van der Waals surface area (Å²) in [6, 6.07) is 11.9. The molecule has 10 heteroatoms. The third-order valence-corrected chi connectivity index (χ3v) is 6.82. The van der Waals surface area contributed by atoms with Crippen molar-refractivity contribution in [3.05, 3.63) is 69.8 Å². The third-order valence-electron chi connectivity index (χ3n) is 6.82. The highest BCUT2D eigenvalue weighted by Crippen LogP contribution is 2.26. The van der Waals surface area contributed by atoms with Crippen LogP contribution in [0.25, 0.3) is 16.9 Å². The summed E-state index contributed by atoms with van der Waals surface area (Å²) in [7, 11) is 0. The van der Waals surface area contributed by atoms with Gasteiger partial charge in [0, 0.05) is 42.6 Å². The van der Waals surface area contributed by atoms with E-state index in [9.17, 15) is 9.59 Å². The number of aromatic nitrogens is 5. The summed E-state index contributed by atoms with van der Waals surface area (Å²) in [6.45, 7) is 15.4. The normalized spacial score (nSPS) is 13.8. The zero-order chi connectivity index (χ0) is 28.8. The van der Waals surface area contributed by atoms with Crippen molar-refractivity contribution in [3.63, 3.8) is 0 Å². The molecule has 0 aliphatic carbocycles. The van der Waals surface area contributed by atoms with Gasteiger partial charge in [-0.1, -0.05) is 32.9 Å². The number of rotatable bonds is 4. The second kappa shape index (κ2) is 10.1. The largest absolute Gasteiger partial charge is 0.444 e. The first-order valence-corrected chi connectivity index (χ1v) is 13.7. The van der Waals surface area contributed by atoms with E-state index in [1.165, 1.54) is 5.56 Å². The average molecular weight is 544 g/mol. The predicted octanol–water partition coefficient (Wildman–Crippen LogP) is 5.33. The number of anilines is 2. The van der Waals surface area contributed by atoms with Gasteiger partial charge in [0.2, 0.25) is 5.95 Å². The maximum Gasteiger partial charge on any atom is 0.410 e. The van der Waals surface area contributed by atoms with Crippen LogP contribution < -0.4 is 10.9 Å². The van der Waals surface area contributed by atoms with E-state index < -0.39 is 5.60 Å². The molecule has 10 nitrogen and oxygen atoms in total. The Morgan fingerprint density at radius 1 is 1.05 bits per heavy atom. The summed E-state index contributed by atoms with van der Waals surface area (Å²) in [5.74, 6) is 0.989. The SMILES string of the molecule is CCn1c(=O)c2cnc(Nc3ccc4c(c3)CN(C(=O)OC(C)(C)C)CC4)nc2n1-c1cccc(C(C)(C)C)n1. The lowest BCUT2D eigenvalue weighted by atomic mass is 9.92. The van der Waals surface area contributed by atoms with Crippen molar-refractivity contribution in [1.29, 1.82) is 0 Å². The van der Waals surface area contributed by atoms with Crippen molar-refractivity contribution in [1.82, 2.24) is 29.2 Å². The van der Waals surface area contributed by atoms with E-state index in [0.717, 1.165) is 23.4 Å². The molecule has 0 bridgehead atoms. The molecule has 0 saturated carbocycles. The Morgan fingerprint density at radius 3 is 2.52 bits per heavy atom. The second-order valence-electron chi connectivity index (χ2n) is 12.2. The molecule has 4 aromatic rings. The van der Waals surface area contributed by atoms with Crippen LogP contribution in [-0.2, 0) is 29.7 Å². The summed E-state index contributed by atoms with van der Waals surface area (Å²) in [5, 5.41) is 3.71. The fourth-order valence-electron chi connectivity index (χ4n) is 4.81. The number of amides is 1. The molecule has 0 radical (unpaired) electrons. The molecule has 4 heterocycles. The molecule has 1 N–H and O–H groups in total. The topological polar surface area (TPSA) is 107 Å². The molecular weight excluding hydrogens is 506 g/mol. The molecule has 40 heavy (non-hydrogen) atoms. The Balaban J connectivity index is 1.48. The zero-order valence-electron chi connectivity index (χ0n) is 24.3. The Hall–Kier alpha value is -4.21. The van der Waals surface area contributed by atoms with Crippen molar-refractivity contribution in [2.45, 2.75) is 79.0 Å². The lowest BCUT2D eigenvalue weighted by molar-refractivity contribution is 0.0224. The standard InChI is InChI=1S/C30H37N7O3/c1-8-36-26(38)22-17-31-27(34-25(22)37(36)24-11-9-10-23(33-24)29(2,3)4)32-21-13-12-19-14-15-35(18-20(19)16-21)28(39)40-30(5,6)7/h9-13,16-17H,8,14-15,18H2,1-7H3,(H,31,32,34). The number of fused-ring (bicyclic) bond motifs is 2. The van der Waals surface area contributed by atoms with Crippen molar-refractivity contribution in [3.8, 4) is 5.82 Å². The molecule has 1 aromatic carbocycles. The lowest BCUT2D eigenvalue weighted by Crippen LogP contribution is -2.39. The maximum absolute atomic E-state index is 13.2. The smallest absolute Gasteiger partial charge is 0.410 e. The van der Waals surface area contributed by atoms with E-state index in [2.05, 4.69) is 37.1 Å². The Bertz CT molecular complexity index is 1640. The van der Waals surface area contributed by atoms with E-state index in [1.54, 1.807) is 20.5 Å². The minimum Gasteiger partial charge on any atom is -0.444 e. The van der Waals surface area contributed by atoms with E-state index in [4.69, 9.17) is 14.7 Å². The number of hydrogen-bond donors (Lipinski definition) is 1. The molecule has 0 fully saturated rings. The first-order chi connectivity index (χ1) is 18.8. The van der Waals surface area contributed by atoms with Crippen molar-refractivity contribution in [2.75, 3.05) is 11.9 Å². The lowest BCUT2D eigenvalue weighted by Gasteiger charge is -2.31. The molecule has 0 atom stereocenters. The predicted molar refractivity (Wildman–Crippen MR) is 155 cm³/mol. The summed E-state index contributed by atoms with van der Waals surface area (Å²) in [4.78, 5) is 41.6. The van der Waals surface area contributed by atoms with Crippen LogP contribution in [0.15, 0.2) is 47.4 Å². The minimum absolute atomic E-state index is 0.149. The van der Waals surface area contributed by atoms with Crippen LogP contribution in [0.4, 0.5) is 16.4 Å². The molecule has 0 saturated heterocycles. The third kappa shape index (κ3) is 5.43. The Labute approximate surface area is 234 Å². The van der Waals surface area contributed by atoms with E-state index in [-0.39, 0.29) is 17.1 Å². The first-order valence-electron chi connectivity index (χ1n) is 13.7. The van der Waals surface area contributed by atoms with Gasteiger partial charge in [-0.3, -0.25) is 4.79 Å². The molecule has 1 aliphatic rings. The van der Waals surface area contributed by atoms with E-state index >= 15 is 0 Å². The van der Waals surface area contributed by atoms with Crippen molar-refractivity contribution >= 4 is 28.8 Å². The molecule has 0 unspecified atom stereocenters. The van der Waals surface area contributed by atoms with E-state index in [1.807, 2.05) is 58.0 Å². The number of pyridine rings is 1. The van der Waals surface area contributed by atoms with Gasteiger partial charge >= 0.3 is 6.09 Å². The maximum atomic E-state index is 13.2. The highest BCUT2D eigenvalue weighted by molar-refractivity contribution is 5.77. The van der Waals surface area contributed by atoms with Gasteiger partial charge < -0.3 is 15.0 Å². The van der Waals surface area contributed by atoms with Gasteiger partial charge in [0.1, 0.15) is 11.0 Å². The minimum atomic E-state index is -0.544. The summed E-state index contributed by atoms with van der Waals surface area (Å²) in [6.07, 6.45) is 2.01. The van der Waals surface area contributed by atoms with Crippen molar-refractivity contribution in [2.24, 2.45) is 0 Å². The molecule has 1 aliphatic heterocycles. The Kier molecular flexibility index (Phi) is 6.89. The molecule has 3 aromatic heterocycles. The van der Waals surface area contributed by atoms with Gasteiger partial charge in [-0.2, -0.15) is 4.98 Å². The van der Waals surface area contributed by atoms with Crippen LogP contribution in [0.3, 0.4) is 0 Å². The van der Waals surface area contributed by atoms with Crippen LogP contribution in [0.5, 0.6) is 0 Å². The van der Waals surface area contributed by atoms with Gasteiger partial charge in [-0.15, -0.1) is 0 Å². The van der Waals surface area contributed by atoms with Crippen molar-refractivity contribution < 1.29 is 9.53 Å². The van der Waals surface area contributed by atoms with Gasteiger partial charge in [-0.05, 0) is 69.5 Å². The number of hydrogen-bond acceptors (Lipinski definition) is 7. The number of benzene rings is 1. The van der Waals surface area contributed by atoms with Crippen LogP contribution in [-0.4, -0.2) is 47.5 Å². The Morgan fingerprint density at radius 2 is 1.82 bits per heavy atom. The fraction of sp³-hybridized carbons (Fsp3) is 0.433. The molecule has 5 rings (SSSR count). The number of ether oxygens (including phenoxy) is 1. The number of carbonyl (C=O) groups excluding carboxylic acids is 1. The summed E-state index contributed by atoms with van der Waals surface area (Å²) < 4.78 is 8.97. The second-order valence-corrected chi connectivity index (χ2v) is 12.2. The highest BCUT2D eigenvalue weighted by Gasteiger charge is 2.26. The fourth-order valence-corrected chi connectivity index (χ4v) is 4.81. The zero-order valence-corrected chi connectivity index (χ0v) is 24.3. The van der Waals surface area contributed by atoms with Crippen LogP contribution in [0.1, 0.15) is 65.3 Å². The first kappa shape index (κ1) is 27.4. The molecule has 0 spiro atoms. The molecule has 210 valence electrons.